The van der Waals surface area contributed by atoms with Crippen molar-refractivity contribution in [3.05, 3.63) is 35.6 Å². The van der Waals surface area contributed by atoms with Crippen LogP contribution in [0.4, 0.5) is 17.6 Å². The summed E-state index contributed by atoms with van der Waals surface area (Å²) in [5.41, 5.74) is 0.314. The van der Waals surface area contributed by atoms with E-state index in [2.05, 4.69) is 0 Å². The van der Waals surface area contributed by atoms with Gasteiger partial charge in [0.25, 0.3) is 0 Å². The van der Waals surface area contributed by atoms with Crippen LogP contribution in [-0.4, -0.2) is 17.7 Å². The zero-order valence-electron chi connectivity index (χ0n) is 8.18. The molecule has 1 aromatic rings. The Kier molecular flexibility index (Phi) is 3.68. The second kappa shape index (κ2) is 4.61. The molecule has 0 aliphatic rings. The first kappa shape index (κ1) is 12.0. The smallest absolute Gasteiger partial charge is 0.210 e. The van der Waals surface area contributed by atoms with Crippen LogP contribution in [0.25, 0.3) is 0 Å². The van der Waals surface area contributed by atoms with Crippen LogP contribution in [0.5, 0.6) is 0 Å². The lowest BCUT2D eigenvalue weighted by atomic mass is 10.2. The third kappa shape index (κ3) is 3.51. The Bertz CT molecular complexity index is 321. The highest BCUT2D eigenvalue weighted by atomic mass is 19.4. The van der Waals surface area contributed by atoms with Crippen molar-refractivity contribution in [3.8, 4) is 0 Å². The van der Waals surface area contributed by atoms with Gasteiger partial charge in [0.2, 0.25) is 0 Å². The summed E-state index contributed by atoms with van der Waals surface area (Å²) >= 11 is 0. The first-order chi connectivity index (χ1) is 6.93. The van der Waals surface area contributed by atoms with E-state index in [1.165, 1.54) is 25.1 Å². The molecule has 0 atom stereocenters. The van der Waals surface area contributed by atoms with Crippen LogP contribution in [-0.2, 0) is 6.54 Å². The fourth-order valence-electron chi connectivity index (χ4n) is 1.24. The standard InChI is InChI=1S/C10H11F4N/c1-2-15(10(12,13)14)7-8-4-3-5-9(11)6-8/h3-6H,2,7H2,1H3. The van der Waals surface area contributed by atoms with Crippen LogP contribution >= 0.6 is 0 Å². The van der Waals surface area contributed by atoms with Crippen molar-refractivity contribution >= 4 is 0 Å². The average molecular weight is 221 g/mol. The Morgan fingerprint density at radius 3 is 2.40 bits per heavy atom. The number of hydrogen-bond donors (Lipinski definition) is 0. The van der Waals surface area contributed by atoms with Gasteiger partial charge in [0.15, 0.2) is 0 Å². The van der Waals surface area contributed by atoms with Crippen molar-refractivity contribution < 1.29 is 17.6 Å². The van der Waals surface area contributed by atoms with Gasteiger partial charge in [0.1, 0.15) is 5.82 Å². The maximum Gasteiger partial charge on any atom is 0.460 e. The van der Waals surface area contributed by atoms with Crippen LogP contribution in [0.3, 0.4) is 0 Å². The summed E-state index contributed by atoms with van der Waals surface area (Å²) in [7, 11) is 0. The molecule has 0 saturated carbocycles. The van der Waals surface area contributed by atoms with E-state index < -0.39 is 12.1 Å². The van der Waals surface area contributed by atoms with E-state index in [1.54, 1.807) is 0 Å². The molecule has 0 fully saturated rings. The summed E-state index contributed by atoms with van der Waals surface area (Å²) in [5, 5.41) is 0. The molecule has 0 spiro atoms. The molecule has 0 unspecified atom stereocenters. The van der Waals surface area contributed by atoms with Crippen molar-refractivity contribution in [3.63, 3.8) is 0 Å². The Morgan fingerprint density at radius 2 is 1.93 bits per heavy atom. The highest BCUT2D eigenvalue weighted by Gasteiger charge is 2.35. The summed E-state index contributed by atoms with van der Waals surface area (Å²) in [5.74, 6) is -0.522. The van der Waals surface area contributed by atoms with Gasteiger partial charge in [-0.1, -0.05) is 19.1 Å². The summed E-state index contributed by atoms with van der Waals surface area (Å²) < 4.78 is 49.7. The Balaban J connectivity index is 2.76. The summed E-state index contributed by atoms with van der Waals surface area (Å²) in [6.45, 7) is 0.935. The minimum absolute atomic E-state index is 0.153. The van der Waals surface area contributed by atoms with Crippen molar-refractivity contribution in [2.45, 2.75) is 19.8 Å². The van der Waals surface area contributed by atoms with Crippen molar-refractivity contribution in [1.29, 1.82) is 0 Å². The molecule has 0 saturated heterocycles. The number of rotatable bonds is 3. The van der Waals surface area contributed by atoms with Crippen molar-refractivity contribution in [2.24, 2.45) is 0 Å². The molecule has 0 radical (unpaired) electrons. The molecule has 0 bridgehead atoms. The monoisotopic (exact) mass is 221 g/mol. The molecule has 15 heavy (non-hydrogen) atoms. The molecule has 1 rings (SSSR count). The van der Waals surface area contributed by atoms with Crippen LogP contribution in [0.2, 0.25) is 0 Å². The predicted octanol–water partition coefficient (Wildman–Crippen LogP) is 3.17. The maximum atomic E-state index is 12.7. The lowest BCUT2D eigenvalue weighted by Gasteiger charge is -2.23. The van der Waals surface area contributed by atoms with E-state index in [9.17, 15) is 17.6 Å². The third-order valence-electron chi connectivity index (χ3n) is 2.00. The highest BCUT2D eigenvalue weighted by Crippen LogP contribution is 2.23. The van der Waals surface area contributed by atoms with Gasteiger partial charge < -0.3 is 0 Å². The van der Waals surface area contributed by atoms with Gasteiger partial charge in [0.05, 0.1) is 0 Å². The SMILES string of the molecule is CCN(Cc1cccc(F)c1)C(F)(F)F. The minimum Gasteiger partial charge on any atom is -0.210 e. The molecule has 5 heteroatoms. The van der Waals surface area contributed by atoms with Gasteiger partial charge in [-0.25, -0.2) is 9.29 Å². The molecule has 84 valence electrons. The fraction of sp³-hybridized carbons (Fsp3) is 0.400. The molecular formula is C10H11F4N. The molecule has 0 aromatic heterocycles. The zero-order valence-corrected chi connectivity index (χ0v) is 8.18. The van der Waals surface area contributed by atoms with E-state index in [0.29, 0.717) is 10.5 Å². The summed E-state index contributed by atoms with van der Waals surface area (Å²) in [6, 6.07) is 5.17. The van der Waals surface area contributed by atoms with Gasteiger partial charge in [-0.3, -0.25) is 0 Å². The van der Waals surface area contributed by atoms with Gasteiger partial charge >= 0.3 is 6.30 Å². The Morgan fingerprint density at radius 1 is 1.27 bits per heavy atom. The molecular weight excluding hydrogens is 210 g/mol. The minimum atomic E-state index is -4.37. The van der Waals surface area contributed by atoms with Crippen LogP contribution < -0.4 is 0 Å². The molecule has 0 aliphatic carbocycles. The second-order valence-corrected chi connectivity index (χ2v) is 3.11. The first-order valence-corrected chi connectivity index (χ1v) is 4.49. The Labute approximate surface area is 85.3 Å². The van der Waals surface area contributed by atoms with E-state index in [0.717, 1.165) is 6.07 Å². The van der Waals surface area contributed by atoms with Crippen molar-refractivity contribution in [2.75, 3.05) is 6.54 Å². The van der Waals surface area contributed by atoms with Crippen molar-refractivity contribution in [1.82, 2.24) is 4.90 Å². The highest BCUT2D eigenvalue weighted by molar-refractivity contribution is 5.16. The van der Waals surface area contributed by atoms with Gasteiger partial charge in [-0.15, -0.1) is 0 Å². The van der Waals surface area contributed by atoms with E-state index >= 15 is 0 Å². The van der Waals surface area contributed by atoms with Crippen LogP contribution in [0.1, 0.15) is 12.5 Å². The lowest BCUT2D eigenvalue weighted by Crippen LogP contribution is -2.37. The van der Waals surface area contributed by atoms with E-state index in [4.69, 9.17) is 0 Å². The molecule has 0 N–H and O–H groups in total. The average Bonchev–Trinajstić information content (AvgIpc) is 2.12. The Hall–Kier alpha value is -1.10. The molecule has 0 heterocycles. The van der Waals surface area contributed by atoms with Gasteiger partial charge in [-0.05, 0) is 17.7 Å². The molecule has 1 nitrogen and oxygen atoms in total. The van der Waals surface area contributed by atoms with Gasteiger partial charge in [0, 0.05) is 13.1 Å². The lowest BCUT2D eigenvalue weighted by molar-refractivity contribution is -0.247. The number of benzene rings is 1. The maximum absolute atomic E-state index is 12.7. The first-order valence-electron chi connectivity index (χ1n) is 4.49. The normalized spacial score (nSPS) is 12.1. The third-order valence-corrected chi connectivity index (χ3v) is 2.00. The number of alkyl halides is 3. The van der Waals surface area contributed by atoms with Crippen LogP contribution in [0.15, 0.2) is 24.3 Å². The van der Waals surface area contributed by atoms with Gasteiger partial charge in [-0.2, -0.15) is 13.2 Å². The zero-order chi connectivity index (χ0) is 11.5. The topological polar surface area (TPSA) is 3.24 Å². The molecule has 0 amide bonds. The number of hydrogen-bond acceptors (Lipinski definition) is 1. The molecule has 0 aliphatic heterocycles. The number of halogens is 4. The predicted molar refractivity (Wildman–Crippen MR) is 48.5 cm³/mol. The largest absolute Gasteiger partial charge is 0.460 e. The molecule has 1 aromatic carbocycles. The fourth-order valence-corrected chi connectivity index (χ4v) is 1.24. The van der Waals surface area contributed by atoms with Crippen LogP contribution in [0, 0.1) is 5.82 Å². The summed E-state index contributed by atoms with van der Waals surface area (Å²) in [6.07, 6.45) is -4.37. The number of nitrogens with zero attached hydrogens (tertiary/aromatic N) is 1. The second-order valence-electron chi connectivity index (χ2n) is 3.11. The van der Waals surface area contributed by atoms with E-state index in [1.807, 2.05) is 0 Å². The summed E-state index contributed by atoms with van der Waals surface area (Å²) in [4.78, 5) is 0.321. The van der Waals surface area contributed by atoms with E-state index in [-0.39, 0.29) is 13.1 Å². The quantitative estimate of drug-likeness (QED) is 0.559.